The molecule has 4 aromatic carbocycles. The fraction of sp³-hybridized carbons (Fsp3) is 0.333. The van der Waals surface area contributed by atoms with E-state index in [1.54, 1.807) is 0 Å². The minimum absolute atomic E-state index is 0.0373. The molecule has 1 aromatic heterocycles. The molecule has 3 atom stereocenters. The van der Waals surface area contributed by atoms with Crippen LogP contribution in [0.15, 0.2) is 115 Å². The highest BCUT2D eigenvalue weighted by Crippen LogP contribution is 2.33. The predicted octanol–water partition coefficient (Wildman–Crippen LogP) is 8.47. The molecule has 1 aliphatic rings. The van der Waals surface area contributed by atoms with Crippen LogP contribution in [0.5, 0.6) is 11.6 Å². The largest absolute Gasteiger partial charge is 0.489 e. The van der Waals surface area contributed by atoms with Crippen LogP contribution < -0.4 is 9.47 Å². The predicted molar refractivity (Wildman–Crippen MR) is 191 cm³/mol. The Kier molecular flexibility index (Phi) is 11.6. The van der Waals surface area contributed by atoms with Crippen LogP contribution in [-0.4, -0.2) is 34.4 Å². The number of benzene rings is 4. The van der Waals surface area contributed by atoms with E-state index in [1.807, 2.05) is 83.5 Å². The third kappa shape index (κ3) is 9.25. The zero-order valence-corrected chi connectivity index (χ0v) is 28.7. The molecule has 0 saturated heterocycles. The van der Waals surface area contributed by atoms with Gasteiger partial charge < -0.3 is 18.9 Å². The van der Waals surface area contributed by atoms with E-state index in [-0.39, 0.29) is 23.8 Å². The number of ether oxygens (including phenoxy) is 4. The van der Waals surface area contributed by atoms with Gasteiger partial charge >= 0.3 is 0 Å². The number of hydrogen-bond acceptors (Lipinski definition) is 6. The molecule has 49 heavy (non-hydrogen) atoms. The van der Waals surface area contributed by atoms with Gasteiger partial charge in [-0.25, -0.2) is 0 Å². The zero-order valence-electron chi connectivity index (χ0n) is 28.7. The van der Waals surface area contributed by atoms with Crippen LogP contribution in [0.3, 0.4) is 0 Å². The molecule has 2 unspecified atom stereocenters. The summed E-state index contributed by atoms with van der Waals surface area (Å²) in [6.07, 6.45) is 0.813. The van der Waals surface area contributed by atoms with E-state index >= 15 is 0 Å². The SMILES string of the molecule is Cc1c(Cc2ccc(OCc3ccccc3)cc2)c(OC2C[C@@H](OCc3ccccc3)CC(COCc3ccccc3)C2=O)nn1C(C)C. The summed E-state index contributed by atoms with van der Waals surface area (Å²) in [5.74, 6) is 1.01. The number of Topliss-reactive ketones (excluding diaryl/α,β-unsaturated/α-hetero) is 1. The lowest BCUT2D eigenvalue weighted by Crippen LogP contribution is -2.45. The smallest absolute Gasteiger partial charge is 0.237 e. The molecular formula is C42H46N2O5. The lowest BCUT2D eigenvalue weighted by molar-refractivity contribution is -0.142. The number of ketones is 1. The van der Waals surface area contributed by atoms with Gasteiger partial charge in [-0.2, -0.15) is 0 Å². The van der Waals surface area contributed by atoms with Crippen LogP contribution in [0.25, 0.3) is 0 Å². The molecule has 0 spiro atoms. The average Bonchev–Trinajstić information content (AvgIpc) is 3.44. The first-order valence-electron chi connectivity index (χ1n) is 17.2. The highest BCUT2D eigenvalue weighted by atomic mass is 16.5. The number of nitrogens with zero attached hydrogens (tertiary/aromatic N) is 2. The third-order valence-electron chi connectivity index (χ3n) is 9.04. The van der Waals surface area contributed by atoms with Gasteiger partial charge in [0.25, 0.3) is 0 Å². The number of aromatic nitrogens is 2. The number of carbonyl (C=O) groups excluding carboxylic acids is 1. The third-order valence-corrected chi connectivity index (χ3v) is 9.04. The Balaban J connectivity index is 1.18. The lowest BCUT2D eigenvalue weighted by Gasteiger charge is -2.33. The first-order chi connectivity index (χ1) is 23.9. The minimum Gasteiger partial charge on any atom is -0.489 e. The van der Waals surface area contributed by atoms with Gasteiger partial charge in [0.05, 0.1) is 25.9 Å². The van der Waals surface area contributed by atoms with Crippen molar-refractivity contribution >= 4 is 5.78 Å². The molecule has 7 nitrogen and oxygen atoms in total. The summed E-state index contributed by atoms with van der Waals surface area (Å²) in [5, 5.41) is 4.91. The Morgan fingerprint density at radius 1 is 0.735 bits per heavy atom. The second-order valence-electron chi connectivity index (χ2n) is 13.1. The molecule has 0 radical (unpaired) electrons. The van der Waals surface area contributed by atoms with Gasteiger partial charge in [-0.15, -0.1) is 5.10 Å². The zero-order chi connectivity index (χ0) is 34.0. The summed E-state index contributed by atoms with van der Waals surface area (Å²) in [7, 11) is 0. The van der Waals surface area contributed by atoms with Crippen LogP contribution in [0, 0.1) is 12.8 Å². The first kappa shape index (κ1) is 34.2. The summed E-state index contributed by atoms with van der Waals surface area (Å²) >= 11 is 0. The molecule has 1 aliphatic carbocycles. The molecule has 6 rings (SSSR count). The van der Waals surface area contributed by atoms with Gasteiger partial charge in [-0.1, -0.05) is 103 Å². The quantitative estimate of drug-likeness (QED) is 0.112. The monoisotopic (exact) mass is 658 g/mol. The molecule has 1 saturated carbocycles. The van der Waals surface area contributed by atoms with E-state index < -0.39 is 6.10 Å². The van der Waals surface area contributed by atoms with E-state index in [0.29, 0.717) is 51.6 Å². The number of carbonyl (C=O) groups is 1. The first-order valence-corrected chi connectivity index (χ1v) is 17.2. The number of rotatable bonds is 15. The summed E-state index contributed by atoms with van der Waals surface area (Å²) in [5.41, 5.74) is 6.40. The number of hydrogen-bond donors (Lipinski definition) is 0. The normalized spacial score (nSPS) is 17.7. The molecule has 0 aliphatic heterocycles. The molecule has 1 heterocycles. The highest BCUT2D eigenvalue weighted by molar-refractivity contribution is 5.86. The van der Waals surface area contributed by atoms with E-state index in [2.05, 4.69) is 57.2 Å². The highest BCUT2D eigenvalue weighted by Gasteiger charge is 2.39. The lowest BCUT2D eigenvalue weighted by atomic mass is 9.84. The maximum absolute atomic E-state index is 14.0. The molecule has 0 N–H and O–H groups in total. The molecular weight excluding hydrogens is 612 g/mol. The Morgan fingerprint density at radius 2 is 1.33 bits per heavy atom. The Hall–Kier alpha value is -4.72. The van der Waals surface area contributed by atoms with E-state index in [0.717, 1.165) is 39.3 Å². The van der Waals surface area contributed by atoms with Crippen LogP contribution in [0.1, 0.15) is 66.2 Å². The van der Waals surface area contributed by atoms with Gasteiger partial charge in [0.2, 0.25) is 5.88 Å². The fourth-order valence-electron chi connectivity index (χ4n) is 6.33. The summed E-state index contributed by atoms with van der Waals surface area (Å²) in [6.45, 7) is 8.02. The van der Waals surface area contributed by atoms with Crippen LogP contribution in [0.2, 0.25) is 0 Å². The molecule has 254 valence electrons. The molecule has 1 fully saturated rings. The van der Waals surface area contributed by atoms with Crippen LogP contribution in [0.4, 0.5) is 0 Å². The average molecular weight is 659 g/mol. The summed E-state index contributed by atoms with van der Waals surface area (Å²) in [6, 6.07) is 38.6. The van der Waals surface area contributed by atoms with Crippen molar-refractivity contribution in [3.63, 3.8) is 0 Å². The van der Waals surface area contributed by atoms with Crippen molar-refractivity contribution in [2.45, 2.75) is 78.1 Å². The molecule has 7 heteroatoms. The molecule has 0 amide bonds. The second kappa shape index (κ2) is 16.6. The standard InChI is InChI=1S/C42H46N2O5/c1-30(2)44-31(3)39(23-32-19-21-37(22-20-32)47-27-34-15-9-5-10-16-34)42(43-44)49-40-25-38(48-28-35-17-11-6-12-18-35)24-36(41(40)45)29-46-26-33-13-7-4-8-14-33/h4-22,30,36,38,40H,23-29H2,1-3H3/t36?,38-,40?/m0/s1. The van der Waals surface area contributed by atoms with E-state index in [1.165, 1.54) is 0 Å². The fourth-order valence-corrected chi connectivity index (χ4v) is 6.33. The Labute approximate surface area is 289 Å². The van der Waals surface area contributed by atoms with Crippen molar-refractivity contribution in [2.75, 3.05) is 6.61 Å². The van der Waals surface area contributed by atoms with Crippen molar-refractivity contribution in [3.8, 4) is 11.6 Å². The van der Waals surface area contributed by atoms with E-state index in [4.69, 9.17) is 24.0 Å². The second-order valence-corrected chi connectivity index (χ2v) is 13.1. The van der Waals surface area contributed by atoms with Gasteiger partial charge in [0.1, 0.15) is 12.4 Å². The minimum atomic E-state index is -0.692. The van der Waals surface area contributed by atoms with Crippen LogP contribution in [-0.2, 0) is 40.5 Å². The topological polar surface area (TPSA) is 71.8 Å². The van der Waals surface area contributed by atoms with Gasteiger partial charge in [-0.3, -0.25) is 9.48 Å². The maximum Gasteiger partial charge on any atom is 0.237 e. The van der Waals surface area contributed by atoms with Crippen LogP contribution >= 0.6 is 0 Å². The molecule has 5 aromatic rings. The Bertz CT molecular complexity index is 1750. The van der Waals surface area contributed by atoms with Crippen molar-refractivity contribution in [1.29, 1.82) is 0 Å². The van der Waals surface area contributed by atoms with Crippen molar-refractivity contribution < 1.29 is 23.7 Å². The van der Waals surface area contributed by atoms with Gasteiger partial charge in [0.15, 0.2) is 11.9 Å². The van der Waals surface area contributed by atoms with Crippen molar-refractivity contribution in [2.24, 2.45) is 5.92 Å². The van der Waals surface area contributed by atoms with Gasteiger partial charge in [-0.05, 0) is 61.6 Å². The van der Waals surface area contributed by atoms with Crippen molar-refractivity contribution in [1.82, 2.24) is 9.78 Å². The molecule has 0 bridgehead atoms. The summed E-state index contributed by atoms with van der Waals surface area (Å²) in [4.78, 5) is 14.0. The van der Waals surface area contributed by atoms with Gasteiger partial charge in [0, 0.05) is 36.1 Å². The maximum atomic E-state index is 14.0. The van der Waals surface area contributed by atoms with Crippen molar-refractivity contribution in [3.05, 3.63) is 149 Å². The summed E-state index contributed by atoms with van der Waals surface area (Å²) < 4.78 is 27.1. The van der Waals surface area contributed by atoms with E-state index in [9.17, 15) is 4.79 Å². The Morgan fingerprint density at radius 3 is 1.94 bits per heavy atom.